The lowest BCUT2D eigenvalue weighted by molar-refractivity contribution is 0.102. The van der Waals surface area contributed by atoms with Gasteiger partial charge in [-0.3, -0.25) is 4.79 Å². The largest absolute Gasteiger partial charge is 0.494 e. The van der Waals surface area contributed by atoms with Crippen molar-refractivity contribution in [3.8, 4) is 5.75 Å². The summed E-state index contributed by atoms with van der Waals surface area (Å²) in [7, 11) is 1.34. The number of methoxy groups -OCH3 is 1. The summed E-state index contributed by atoms with van der Waals surface area (Å²) >= 11 is 3.37. The Labute approximate surface area is 130 Å². The summed E-state index contributed by atoms with van der Waals surface area (Å²) in [5.74, 6) is -0.878. The van der Waals surface area contributed by atoms with Crippen molar-refractivity contribution in [3.05, 3.63) is 51.7 Å². The standard InChI is InChI=1S/C15H14BrFN2O2/c1-8-5-10(16)13(7-12(8)18)19-15(20)9-3-4-11(17)14(6-9)21-2/h3-7H,18H2,1-2H3,(H,19,20). The number of ether oxygens (including phenoxy) is 1. The van der Waals surface area contributed by atoms with Gasteiger partial charge in [0.1, 0.15) is 0 Å². The Kier molecular flexibility index (Phi) is 4.47. The van der Waals surface area contributed by atoms with E-state index in [-0.39, 0.29) is 11.7 Å². The number of halogens is 2. The van der Waals surface area contributed by atoms with Crippen molar-refractivity contribution in [2.75, 3.05) is 18.2 Å². The lowest BCUT2D eigenvalue weighted by Crippen LogP contribution is -2.13. The van der Waals surface area contributed by atoms with Gasteiger partial charge >= 0.3 is 0 Å². The normalized spacial score (nSPS) is 10.3. The molecule has 110 valence electrons. The summed E-state index contributed by atoms with van der Waals surface area (Å²) in [6, 6.07) is 7.40. The molecule has 2 aromatic rings. The summed E-state index contributed by atoms with van der Waals surface area (Å²) in [4.78, 5) is 12.2. The Hall–Kier alpha value is -2.08. The van der Waals surface area contributed by atoms with Crippen LogP contribution < -0.4 is 15.8 Å². The Balaban J connectivity index is 2.28. The number of aryl methyl sites for hydroxylation is 1. The highest BCUT2D eigenvalue weighted by Crippen LogP contribution is 2.28. The Morgan fingerprint density at radius 1 is 1.33 bits per heavy atom. The van der Waals surface area contributed by atoms with E-state index in [0.717, 1.165) is 10.0 Å². The maximum atomic E-state index is 13.3. The van der Waals surface area contributed by atoms with Crippen LogP contribution in [0, 0.1) is 12.7 Å². The van der Waals surface area contributed by atoms with Gasteiger partial charge in [-0.05, 0) is 58.7 Å². The number of anilines is 2. The van der Waals surface area contributed by atoms with Crippen molar-refractivity contribution in [3.63, 3.8) is 0 Å². The highest BCUT2D eigenvalue weighted by Gasteiger charge is 2.12. The molecule has 0 saturated heterocycles. The number of hydrogen-bond donors (Lipinski definition) is 2. The van der Waals surface area contributed by atoms with E-state index in [1.165, 1.54) is 25.3 Å². The minimum absolute atomic E-state index is 0.0186. The van der Waals surface area contributed by atoms with Gasteiger partial charge in [0.2, 0.25) is 0 Å². The summed E-state index contributed by atoms with van der Waals surface area (Å²) < 4.78 is 18.9. The number of carbonyl (C=O) groups excluding carboxylic acids is 1. The van der Waals surface area contributed by atoms with Crippen LogP contribution in [0.2, 0.25) is 0 Å². The summed E-state index contributed by atoms with van der Waals surface area (Å²) in [6.45, 7) is 1.87. The number of carbonyl (C=O) groups is 1. The predicted molar refractivity (Wildman–Crippen MR) is 84.2 cm³/mol. The molecular weight excluding hydrogens is 339 g/mol. The fourth-order valence-corrected chi connectivity index (χ4v) is 2.34. The van der Waals surface area contributed by atoms with Crippen LogP contribution in [0.5, 0.6) is 5.75 Å². The van der Waals surface area contributed by atoms with Crippen LogP contribution in [-0.4, -0.2) is 13.0 Å². The van der Waals surface area contributed by atoms with E-state index >= 15 is 0 Å². The number of amides is 1. The Bertz CT molecular complexity index is 704. The van der Waals surface area contributed by atoms with Crippen molar-refractivity contribution < 1.29 is 13.9 Å². The second kappa shape index (κ2) is 6.13. The zero-order valence-corrected chi connectivity index (χ0v) is 13.1. The van der Waals surface area contributed by atoms with Crippen LogP contribution in [0.3, 0.4) is 0 Å². The molecule has 2 aromatic carbocycles. The van der Waals surface area contributed by atoms with Gasteiger partial charge in [-0.2, -0.15) is 0 Å². The molecule has 0 aromatic heterocycles. The van der Waals surface area contributed by atoms with Crippen molar-refractivity contribution in [2.45, 2.75) is 6.92 Å². The number of nitrogens with one attached hydrogen (secondary N) is 1. The molecule has 4 nitrogen and oxygen atoms in total. The SMILES string of the molecule is COc1cc(C(=O)Nc2cc(N)c(C)cc2Br)ccc1F. The number of rotatable bonds is 3. The molecule has 3 N–H and O–H groups in total. The number of nitrogen functional groups attached to an aromatic ring is 1. The van der Waals surface area contributed by atoms with Crippen LogP contribution in [-0.2, 0) is 0 Å². The molecule has 0 spiro atoms. The minimum Gasteiger partial charge on any atom is -0.494 e. The van der Waals surface area contributed by atoms with Crippen LogP contribution in [0.15, 0.2) is 34.8 Å². The molecule has 0 radical (unpaired) electrons. The molecule has 21 heavy (non-hydrogen) atoms. The zero-order chi connectivity index (χ0) is 15.6. The first-order valence-electron chi connectivity index (χ1n) is 6.13. The van der Waals surface area contributed by atoms with Crippen LogP contribution in [0.25, 0.3) is 0 Å². The van der Waals surface area contributed by atoms with Gasteiger partial charge in [0.25, 0.3) is 5.91 Å². The third-order valence-corrected chi connectivity index (χ3v) is 3.67. The van der Waals surface area contributed by atoms with Crippen LogP contribution in [0.4, 0.5) is 15.8 Å². The molecule has 0 heterocycles. The van der Waals surface area contributed by atoms with E-state index in [1.807, 2.05) is 13.0 Å². The number of benzene rings is 2. The smallest absolute Gasteiger partial charge is 0.255 e. The van der Waals surface area contributed by atoms with Crippen molar-refractivity contribution >= 4 is 33.2 Å². The maximum Gasteiger partial charge on any atom is 0.255 e. The quantitative estimate of drug-likeness (QED) is 0.827. The minimum atomic E-state index is -0.519. The molecule has 0 aliphatic carbocycles. The molecule has 1 amide bonds. The average molecular weight is 353 g/mol. The lowest BCUT2D eigenvalue weighted by Gasteiger charge is -2.11. The molecule has 6 heteroatoms. The summed E-state index contributed by atoms with van der Waals surface area (Å²) in [5, 5.41) is 2.72. The van der Waals surface area contributed by atoms with E-state index in [1.54, 1.807) is 6.07 Å². The van der Waals surface area contributed by atoms with Gasteiger partial charge in [0, 0.05) is 15.7 Å². The van der Waals surface area contributed by atoms with E-state index in [2.05, 4.69) is 21.2 Å². The second-order valence-corrected chi connectivity index (χ2v) is 5.35. The van der Waals surface area contributed by atoms with Crippen LogP contribution >= 0.6 is 15.9 Å². The maximum absolute atomic E-state index is 13.3. The monoisotopic (exact) mass is 352 g/mol. The van der Waals surface area contributed by atoms with Crippen LogP contribution in [0.1, 0.15) is 15.9 Å². The van der Waals surface area contributed by atoms with E-state index < -0.39 is 5.82 Å². The van der Waals surface area contributed by atoms with Gasteiger partial charge in [0.05, 0.1) is 12.8 Å². The number of hydrogen-bond acceptors (Lipinski definition) is 3. The van der Waals surface area contributed by atoms with Gasteiger partial charge in [-0.1, -0.05) is 0 Å². The predicted octanol–water partition coefficient (Wildman–Crippen LogP) is 3.74. The molecule has 0 aliphatic heterocycles. The molecule has 0 aliphatic rings. The van der Waals surface area contributed by atoms with Crippen molar-refractivity contribution in [2.24, 2.45) is 0 Å². The lowest BCUT2D eigenvalue weighted by atomic mass is 10.1. The molecule has 0 saturated carbocycles. The van der Waals surface area contributed by atoms with Gasteiger partial charge in [-0.15, -0.1) is 0 Å². The van der Waals surface area contributed by atoms with Crippen molar-refractivity contribution in [1.82, 2.24) is 0 Å². The molecule has 0 fully saturated rings. The first-order chi connectivity index (χ1) is 9.92. The summed E-state index contributed by atoms with van der Waals surface area (Å²) in [6.07, 6.45) is 0. The molecule has 2 rings (SSSR count). The highest BCUT2D eigenvalue weighted by atomic mass is 79.9. The Morgan fingerprint density at radius 3 is 2.71 bits per heavy atom. The zero-order valence-electron chi connectivity index (χ0n) is 11.5. The third-order valence-electron chi connectivity index (χ3n) is 3.02. The van der Waals surface area contributed by atoms with Gasteiger partial charge < -0.3 is 15.8 Å². The van der Waals surface area contributed by atoms with E-state index in [0.29, 0.717) is 16.9 Å². The fourth-order valence-electron chi connectivity index (χ4n) is 1.78. The Morgan fingerprint density at radius 2 is 2.05 bits per heavy atom. The van der Waals surface area contributed by atoms with E-state index in [9.17, 15) is 9.18 Å². The number of nitrogens with two attached hydrogens (primary N) is 1. The third kappa shape index (κ3) is 3.33. The van der Waals surface area contributed by atoms with Crippen molar-refractivity contribution in [1.29, 1.82) is 0 Å². The van der Waals surface area contributed by atoms with Gasteiger partial charge in [-0.25, -0.2) is 4.39 Å². The first-order valence-corrected chi connectivity index (χ1v) is 6.92. The first kappa shape index (κ1) is 15.3. The summed E-state index contributed by atoms with van der Waals surface area (Å²) in [5.41, 5.74) is 8.15. The molecule has 0 unspecified atom stereocenters. The molecule has 0 atom stereocenters. The fraction of sp³-hybridized carbons (Fsp3) is 0.133. The average Bonchev–Trinajstić information content (AvgIpc) is 2.45. The second-order valence-electron chi connectivity index (χ2n) is 4.49. The van der Waals surface area contributed by atoms with Gasteiger partial charge in [0.15, 0.2) is 11.6 Å². The topological polar surface area (TPSA) is 64.3 Å². The molecule has 0 bridgehead atoms. The highest BCUT2D eigenvalue weighted by molar-refractivity contribution is 9.10. The van der Waals surface area contributed by atoms with E-state index in [4.69, 9.17) is 10.5 Å². The molecular formula is C15H14BrFN2O2.